The summed E-state index contributed by atoms with van der Waals surface area (Å²) in [7, 11) is 0. The number of allylic oxidation sites excluding steroid dienone is 11. The van der Waals surface area contributed by atoms with Crippen molar-refractivity contribution < 1.29 is 0 Å². The summed E-state index contributed by atoms with van der Waals surface area (Å²) in [6.07, 6.45) is 27.0. The van der Waals surface area contributed by atoms with Crippen LogP contribution < -0.4 is 16.0 Å². The molecule has 45 heavy (non-hydrogen) atoms. The molecule has 1 aromatic heterocycles. The fourth-order valence-electron chi connectivity index (χ4n) is 7.95. The lowest BCUT2D eigenvalue weighted by atomic mass is 9.76. The molecule has 3 N–H and O–H groups in total. The van der Waals surface area contributed by atoms with Crippen LogP contribution in [0.15, 0.2) is 139 Å². The molecule has 1 aliphatic heterocycles. The molecule has 3 aromatic carbocycles. The van der Waals surface area contributed by atoms with E-state index in [2.05, 4.69) is 143 Å². The van der Waals surface area contributed by atoms with Gasteiger partial charge in [0, 0.05) is 27.0 Å². The number of nitrogens with one attached hydrogen (secondary N) is 3. The fourth-order valence-corrected chi connectivity index (χ4v) is 9.30. The molecule has 0 saturated carbocycles. The summed E-state index contributed by atoms with van der Waals surface area (Å²) in [5.74, 6) is 0.768. The molecule has 0 bridgehead atoms. The summed E-state index contributed by atoms with van der Waals surface area (Å²) in [6, 6.07) is 25.2. The Balaban J connectivity index is 1.07. The second-order valence-corrected chi connectivity index (χ2v) is 13.9. The average Bonchev–Trinajstić information content (AvgIpc) is 3.50. The van der Waals surface area contributed by atoms with Gasteiger partial charge in [0.15, 0.2) is 0 Å². The predicted octanol–water partition coefficient (Wildman–Crippen LogP) is 9.07. The molecule has 5 aliphatic rings. The lowest BCUT2D eigenvalue weighted by Crippen LogP contribution is -2.59. The van der Waals surface area contributed by atoms with E-state index in [4.69, 9.17) is 0 Å². The molecule has 4 aliphatic carbocycles. The molecular weight excluding hydrogens is 567 g/mol. The van der Waals surface area contributed by atoms with Crippen LogP contribution in [0.2, 0.25) is 0 Å². The number of hydrogen-bond donors (Lipinski definition) is 3. The van der Waals surface area contributed by atoms with Gasteiger partial charge in [-0.15, -0.1) is 11.3 Å². The smallest absolute Gasteiger partial charge is 0.0870 e. The summed E-state index contributed by atoms with van der Waals surface area (Å²) < 4.78 is 1.39. The van der Waals surface area contributed by atoms with Gasteiger partial charge in [-0.1, -0.05) is 121 Å². The van der Waals surface area contributed by atoms with Crippen molar-refractivity contribution >= 4 is 21.4 Å². The molecule has 222 valence electrons. The second kappa shape index (κ2) is 11.4. The Hall–Kier alpha value is -4.06. The quantitative estimate of drug-likeness (QED) is 0.218. The summed E-state index contributed by atoms with van der Waals surface area (Å²) in [5.41, 5.74) is 11.2. The minimum absolute atomic E-state index is 0.00646. The number of rotatable bonds is 4. The zero-order chi connectivity index (χ0) is 29.7. The normalized spacial score (nSPS) is 26.6. The maximum absolute atomic E-state index is 4.01. The van der Waals surface area contributed by atoms with Crippen molar-refractivity contribution in [1.82, 2.24) is 16.0 Å². The van der Waals surface area contributed by atoms with Gasteiger partial charge < -0.3 is 0 Å². The highest BCUT2D eigenvalue weighted by atomic mass is 32.1. The van der Waals surface area contributed by atoms with Crippen LogP contribution in [0.25, 0.3) is 20.5 Å². The molecule has 0 amide bonds. The summed E-state index contributed by atoms with van der Waals surface area (Å²) in [6.45, 7) is 0. The van der Waals surface area contributed by atoms with Gasteiger partial charge in [-0.25, -0.2) is 0 Å². The van der Waals surface area contributed by atoms with E-state index in [0.717, 1.165) is 25.7 Å². The SMILES string of the molecule is C1=CCCC(C2NC(c3ccc(C4C=CC=C5C=CC=CC54)cc3)NC(c3cccc4c3-c3sc5ccccc5c3CC4)N2)=C1. The predicted molar refractivity (Wildman–Crippen MR) is 188 cm³/mol. The molecule has 9 rings (SSSR count). The van der Waals surface area contributed by atoms with Crippen LogP contribution in [0.3, 0.4) is 0 Å². The van der Waals surface area contributed by atoms with Crippen LogP contribution in [-0.2, 0) is 12.8 Å². The molecule has 5 atom stereocenters. The van der Waals surface area contributed by atoms with Gasteiger partial charge in [0.2, 0.25) is 0 Å². The summed E-state index contributed by atoms with van der Waals surface area (Å²) in [5, 5.41) is 13.4. The highest BCUT2D eigenvalue weighted by molar-refractivity contribution is 7.22. The third-order valence-electron chi connectivity index (χ3n) is 10.2. The first kappa shape index (κ1) is 27.3. The highest BCUT2D eigenvalue weighted by Crippen LogP contribution is 2.47. The van der Waals surface area contributed by atoms with Crippen LogP contribution >= 0.6 is 11.3 Å². The zero-order valence-corrected chi connectivity index (χ0v) is 26.1. The Morgan fingerprint density at radius 2 is 1.49 bits per heavy atom. The zero-order valence-electron chi connectivity index (χ0n) is 25.2. The Morgan fingerprint density at radius 1 is 0.644 bits per heavy atom. The molecule has 4 aromatic rings. The molecular formula is C41H37N3S. The van der Waals surface area contributed by atoms with Crippen molar-refractivity contribution in [1.29, 1.82) is 0 Å². The Labute approximate surface area is 269 Å². The molecule has 1 fully saturated rings. The van der Waals surface area contributed by atoms with Gasteiger partial charge in [-0.2, -0.15) is 0 Å². The van der Waals surface area contributed by atoms with Crippen molar-refractivity contribution in [3.8, 4) is 10.4 Å². The van der Waals surface area contributed by atoms with E-state index in [-0.39, 0.29) is 18.5 Å². The van der Waals surface area contributed by atoms with E-state index < -0.39 is 0 Å². The molecule has 0 radical (unpaired) electrons. The van der Waals surface area contributed by atoms with Crippen molar-refractivity contribution in [3.63, 3.8) is 0 Å². The van der Waals surface area contributed by atoms with Gasteiger partial charge in [-0.05, 0) is 76.1 Å². The largest absolute Gasteiger partial charge is 0.279 e. The monoisotopic (exact) mass is 603 g/mol. The average molecular weight is 604 g/mol. The van der Waals surface area contributed by atoms with Crippen molar-refractivity contribution in [3.05, 3.63) is 166 Å². The van der Waals surface area contributed by atoms with Gasteiger partial charge >= 0.3 is 0 Å². The molecule has 5 unspecified atom stereocenters. The minimum atomic E-state index is 0.00646. The highest BCUT2D eigenvalue weighted by Gasteiger charge is 2.34. The van der Waals surface area contributed by atoms with Crippen LogP contribution in [0.4, 0.5) is 0 Å². The minimum Gasteiger partial charge on any atom is -0.279 e. The van der Waals surface area contributed by atoms with Crippen molar-refractivity contribution in [2.45, 2.75) is 50.1 Å². The number of benzene rings is 3. The first-order valence-electron chi connectivity index (χ1n) is 16.4. The number of thiophene rings is 1. The number of hydrogen-bond acceptors (Lipinski definition) is 4. The van der Waals surface area contributed by atoms with E-state index in [0.29, 0.717) is 11.8 Å². The van der Waals surface area contributed by atoms with E-state index in [1.807, 2.05) is 11.3 Å². The van der Waals surface area contributed by atoms with Gasteiger partial charge in [-0.3, -0.25) is 16.0 Å². The van der Waals surface area contributed by atoms with Gasteiger partial charge in [0.25, 0.3) is 0 Å². The Morgan fingerprint density at radius 3 is 2.40 bits per heavy atom. The Bertz CT molecular complexity index is 1970. The number of aryl methyl sites for hydroxylation is 2. The van der Waals surface area contributed by atoms with Crippen molar-refractivity contribution in [2.24, 2.45) is 5.92 Å². The van der Waals surface area contributed by atoms with E-state index in [1.54, 1.807) is 0 Å². The molecule has 0 spiro atoms. The van der Waals surface area contributed by atoms with Crippen LogP contribution in [-0.4, -0.2) is 6.17 Å². The first-order valence-corrected chi connectivity index (χ1v) is 17.2. The maximum Gasteiger partial charge on any atom is 0.0870 e. The third kappa shape index (κ3) is 4.84. The van der Waals surface area contributed by atoms with E-state index in [9.17, 15) is 0 Å². The van der Waals surface area contributed by atoms with Gasteiger partial charge in [0.1, 0.15) is 0 Å². The lowest BCUT2D eigenvalue weighted by molar-refractivity contribution is 0.219. The molecule has 1 saturated heterocycles. The van der Waals surface area contributed by atoms with E-state index in [1.165, 1.54) is 59.5 Å². The standard InChI is InChI=1S/C41H37N3S/c1-2-11-29(12-3-1)39-42-40(30-22-20-27(21-23-30)32-17-8-13-26-10-4-5-15-31(26)32)44-41(43-39)35-18-9-14-28-24-25-34-33-16-6-7-19-36(33)45-38(34)37(28)35/h1-2,4-11,13-23,31-32,39-44H,3,12,24-25H2. The summed E-state index contributed by atoms with van der Waals surface area (Å²) >= 11 is 1.96. The molecule has 3 nitrogen and oxygen atoms in total. The number of fused-ring (bicyclic) bond motifs is 6. The van der Waals surface area contributed by atoms with Crippen LogP contribution in [0, 0.1) is 5.92 Å². The summed E-state index contributed by atoms with van der Waals surface area (Å²) in [4.78, 5) is 1.45. The maximum atomic E-state index is 4.01. The molecule has 2 heterocycles. The topological polar surface area (TPSA) is 36.1 Å². The third-order valence-corrected chi connectivity index (χ3v) is 11.5. The van der Waals surface area contributed by atoms with Crippen LogP contribution in [0.1, 0.15) is 58.9 Å². The van der Waals surface area contributed by atoms with E-state index >= 15 is 0 Å². The van der Waals surface area contributed by atoms with Gasteiger partial charge in [0.05, 0.1) is 18.5 Å². The first-order chi connectivity index (χ1) is 22.3. The van der Waals surface area contributed by atoms with Crippen LogP contribution in [0.5, 0.6) is 0 Å². The molecule has 4 heteroatoms. The second-order valence-electron chi connectivity index (χ2n) is 12.8. The Kier molecular flexibility index (Phi) is 6.90. The van der Waals surface area contributed by atoms with Crippen molar-refractivity contribution in [2.75, 3.05) is 0 Å². The fraction of sp³-hybridized carbons (Fsp3) is 0.220. The lowest BCUT2D eigenvalue weighted by Gasteiger charge is -2.41.